The molecule has 5 rings (SSSR count). The zero-order valence-electron chi connectivity index (χ0n) is 21.0. The first-order chi connectivity index (χ1) is 17.7. The van der Waals surface area contributed by atoms with Crippen molar-refractivity contribution in [2.24, 2.45) is 14.1 Å². The first-order valence-corrected chi connectivity index (χ1v) is 12.0. The first-order valence-electron chi connectivity index (χ1n) is 11.6. The predicted molar refractivity (Wildman–Crippen MR) is 144 cm³/mol. The summed E-state index contributed by atoms with van der Waals surface area (Å²) in [6.45, 7) is 3.86. The Bertz CT molecular complexity index is 1760. The van der Waals surface area contributed by atoms with Crippen molar-refractivity contribution in [2.75, 3.05) is 12.4 Å². The Labute approximate surface area is 217 Å². The minimum absolute atomic E-state index is 0.0725. The van der Waals surface area contributed by atoms with Crippen molar-refractivity contribution >= 4 is 45.1 Å². The fourth-order valence-electron chi connectivity index (χ4n) is 4.59. The van der Waals surface area contributed by atoms with Crippen LogP contribution in [-0.2, 0) is 18.8 Å². The average molecular weight is 517 g/mol. The van der Waals surface area contributed by atoms with Crippen LogP contribution in [0.25, 0.3) is 33.3 Å². The second kappa shape index (κ2) is 9.33. The molecule has 0 saturated heterocycles. The summed E-state index contributed by atoms with van der Waals surface area (Å²) in [6, 6.07) is 14.6. The number of methoxy groups -OCH3 is 1. The van der Waals surface area contributed by atoms with Crippen LogP contribution in [0.15, 0.2) is 53.3 Å². The number of carbonyl (C=O) groups is 1. The van der Waals surface area contributed by atoms with Gasteiger partial charge in [-0.25, -0.2) is 14.8 Å². The van der Waals surface area contributed by atoms with Gasteiger partial charge in [-0.05, 0) is 43.7 Å². The highest BCUT2D eigenvalue weighted by Gasteiger charge is 2.22. The molecule has 9 nitrogen and oxygen atoms in total. The zero-order valence-corrected chi connectivity index (χ0v) is 21.8. The molecule has 0 aliphatic heterocycles. The number of hydrogen-bond donors (Lipinski definition) is 1. The number of anilines is 1. The third-order valence-electron chi connectivity index (χ3n) is 6.40. The Morgan fingerprint density at radius 2 is 1.84 bits per heavy atom. The van der Waals surface area contributed by atoms with E-state index in [0.717, 1.165) is 22.0 Å². The van der Waals surface area contributed by atoms with E-state index in [0.29, 0.717) is 28.1 Å². The molecule has 0 saturated carbocycles. The van der Waals surface area contributed by atoms with E-state index < -0.39 is 5.97 Å². The van der Waals surface area contributed by atoms with Crippen LogP contribution in [0.5, 0.6) is 0 Å². The summed E-state index contributed by atoms with van der Waals surface area (Å²) in [5.74, 6) is -0.141. The number of aryl methyl sites for hydroxylation is 2. The predicted octanol–water partition coefficient (Wildman–Crippen LogP) is 4.80. The minimum atomic E-state index is -0.609. The topological polar surface area (TPSA) is 104 Å². The van der Waals surface area contributed by atoms with Crippen LogP contribution in [-0.4, -0.2) is 37.4 Å². The van der Waals surface area contributed by atoms with E-state index in [4.69, 9.17) is 21.3 Å². The van der Waals surface area contributed by atoms with Crippen molar-refractivity contribution in [1.29, 1.82) is 0 Å². The maximum absolute atomic E-state index is 13.6. The molecule has 0 aliphatic carbocycles. The van der Waals surface area contributed by atoms with Crippen molar-refractivity contribution in [3.05, 3.63) is 80.9 Å². The number of ether oxygens (including phenoxy) is 1. The Morgan fingerprint density at radius 1 is 1.08 bits per heavy atom. The number of hydrogen-bond acceptors (Lipinski definition) is 7. The van der Waals surface area contributed by atoms with Gasteiger partial charge in [-0.2, -0.15) is 5.10 Å². The lowest BCUT2D eigenvalue weighted by Crippen LogP contribution is -2.22. The molecule has 3 heterocycles. The molecule has 2 aromatic carbocycles. The molecule has 1 N–H and O–H groups in total. The van der Waals surface area contributed by atoms with E-state index in [1.165, 1.54) is 11.7 Å². The van der Waals surface area contributed by atoms with Gasteiger partial charge >= 0.3 is 5.97 Å². The molecule has 0 amide bonds. The normalized spacial score (nSPS) is 12.2. The molecule has 3 aromatic heterocycles. The smallest absolute Gasteiger partial charge is 0.358 e. The lowest BCUT2D eigenvalue weighted by atomic mass is 10.0. The van der Waals surface area contributed by atoms with Crippen LogP contribution < -0.4 is 10.9 Å². The van der Waals surface area contributed by atoms with Crippen LogP contribution in [0.1, 0.15) is 34.6 Å². The third kappa shape index (κ3) is 4.21. The Morgan fingerprint density at radius 3 is 2.59 bits per heavy atom. The maximum Gasteiger partial charge on any atom is 0.358 e. The van der Waals surface area contributed by atoms with Crippen molar-refractivity contribution < 1.29 is 9.53 Å². The first kappa shape index (κ1) is 24.5. The fourth-order valence-corrected chi connectivity index (χ4v) is 4.74. The van der Waals surface area contributed by atoms with E-state index in [2.05, 4.69) is 15.4 Å². The highest BCUT2D eigenvalue weighted by Crippen LogP contribution is 2.31. The second-order valence-electron chi connectivity index (χ2n) is 8.93. The number of halogens is 1. The van der Waals surface area contributed by atoms with Gasteiger partial charge in [-0.1, -0.05) is 35.9 Å². The van der Waals surface area contributed by atoms with Crippen LogP contribution >= 0.6 is 11.6 Å². The molecule has 0 bridgehead atoms. The lowest BCUT2D eigenvalue weighted by molar-refractivity contribution is 0.0595. The highest BCUT2D eigenvalue weighted by molar-refractivity contribution is 6.29. The van der Waals surface area contributed by atoms with E-state index in [1.54, 1.807) is 23.9 Å². The van der Waals surface area contributed by atoms with E-state index in [9.17, 15) is 9.59 Å². The molecule has 0 fully saturated rings. The van der Waals surface area contributed by atoms with Gasteiger partial charge in [0, 0.05) is 25.0 Å². The molecule has 0 aliphatic rings. The van der Waals surface area contributed by atoms with Gasteiger partial charge in [0.15, 0.2) is 11.5 Å². The van der Waals surface area contributed by atoms with Crippen LogP contribution in [0, 0.1) is 6.92 Å². The van der Waals surface area contributed by atoms with Crippen molar-refractivity contribution in [2.45, 2.75) is 19.9 Å². The summed E-state index contributed by atoms with van der Waals surface area (Å²) < 4.78 is 8.19. The zero-order chi connectivity index (χ0) is 26.4. The number of para-hydroxylation sites is 1. The number of nitrogens with one attached hydrogen (secondary N) is 1. The summed E-state index contributed by atoms with van der Waals surface area (Å²) in [4.78, 5) is 35.0. The number of nitrogens with zero attached hydrogens (tertiary/aromatic N) is 5. The van der Waals surface area contributed by atoms with Gasteiger partial charge in [0.1, 0.15) is 10.8 Å². The number of pyridine rings is 1. The number of aromatic nitrogens is 5. The number of carbonyl (C=O) groups excluding carboxylic acids is 1. The van der Waals surface area contributed by atoms with E-state index >= 15 is 0 Å². The van der Waals surface area contributed by atoms with Crippen molar-refractivity contribution in [1.82, 2.24) is 24.3 Å². The molecule has 0 spiro atoms. The average Bonchev–Trinajstić information content (AvgIpc) is 3.22. The molecule has 188 valence electrons. The van der Waals surface area contributed by atoms with Crippen molar-refractivity contribution in [3.8, 4) is 11.5 Å². The fraction of sp³-hybridized carbons (Fsp3) is 0.222. The quantitative estimate of drug-likeness (QED) is 0.264. The van der Waals surface area contributed by atoms with Gasteiger partial charge in [-0.15, -0.1) is 0 Å². The SMILES string of the molecule is COC(=O)c1nc(Cl)ccc1N[C@H](C)c1cc(C)cc2c(=O)n(C)c(-c3nn(C)c4ccccc34)nc12. The monoisotopic (exact) mass is 516 g/mol. The summed E-state index contributed by atoms with van der Waals surface area (Å²) >= 11 is 6.02. The van der Waals surface area contributed by atoms with Gasteiger partial charge in [-0.3, -0.25) is 14.0 Å². The highest BCUT2D eigenvalue weighted by atomic mass is 35.5. The molecule has 10 heteroatoms. The molecule has 0 radical (unpaired) electrons. The van der Waals surface area contributed by atoms with E-state index in [1.807, 2.05) is 57.3 Å². The molecule has 1 atom stereocenters. The molecule has 0 unspecified atom stereocenters. The standard InChI is InChI=1S/C27H25ClN6O3/c1-14-12-17(15(2)29-19-10-11-21(28)30-24(19)27(36)37-5)22-18(13-14)26(35)33(3)25(31-22)23-16-8-6-7-9-20(16)34(4)32-23/h6-13,15,29H,1-5H3/t15-/m1/s1. The van der Waals surface area contributed by atoms with E-state index in [-0.39, 0.29) is 22.4 Å². The maximum atomic E-state index is 13.6. The van der Waals surface area contributed by atoms with Gasteiger partial charge in [0.05, 0.1) is 35.3 Å². The second-order valence-corrected chi connectivity index (χ2v) is 9.31. The van der Waals surface area contributed by atoms with Gasteiger partial charge in [0.2, 0.25) is 0 Å². The van der Waals surface area contributed by atoms with Crippen LogP contribution in [0.4, 0.5) is 5.69 Å². The summed E-state index contributed by atoms with van der Waals surface area (Å²) in [5, 5.41) is 9.59. The number of esters is 1. The lowest BCUT2D eigenvalue weighted by Gasteiger charge is -2.20. The minimum Gasteiger partial charge on any atom is -0.464 e. The molecule has 37 heavy (non-hydrogen) atoms. The van der Waals surface area contributed by atoms with Crippen molar-refractivity contribution in [3.63, 3.8) is 0 Å². The van der Waals surface area contributed by atoms with Crippen LogP contribution in [0.3, 0.4) is 0 Å². The Kier molecular flexibility index (Phi) is 6.16. The number of fused-ring (bicyclic) bond motifs is 2. The summed E-state index contributed by atoms with van der Waals surface area (Å²) in [7, 11) is 4.86. The number of benzene rings is 2. The van der Waals surface area contributed by atoms with Crippen LogP contribution in [0.2, 0.25) is 5.15 Å². The Balaban J connectivity index is 1.69. The molecular formula is C27H25ClN6O3. The largest absolute Gasteiger partial charge is 0.464 e. The summed E-state index contributed by atoms with van der Waals surface area (Å²) in [6.07, 6.45) is 0. The molecule has 5 aromatic rings. The number of rotatable bonds is 5. The Hall–Kier alpha value is -4.24. The van der Waals surface area contributed by atoms with Gasteiger partial charge < -0.3 is 10.1 Å². The third-order valence-corrected chi connectivity index (χ3v) is 6.61. The van der Waals surface area contributed by atoms with Gasteiger partial charge in [0.25, 0.3) is 5.56 Å². The molecular weight excluding hydrogens is 492 g/mol. The summed E-state index contributed by atoms with van der Waals surface area (Å²) in [5.41, 5.74) is 4.18.